The summed E-state index contributed by atoms with van der Waals surface area (Å²) in [6.45, 7) is 0.392. The van der Waals surface area contributed by atoms with Crippen molar-refractivity contribution in [3.63, 3.8) is 0 Å². The largest absolute Gasteiger partial charge is 0.312 e. The Morgan fingerprint density at radius 2 is 2.14 bits per heavy atom. The van der Waals surface area contributed by atoms with Gasteiger partial charge in [-0.15, -0.1) is 10.2 Å². The van der Waals surface area contributed by atoms with Crippen LogP contribution in [0.2, 0.25) is 0 Å². The minimum absolute atomic E-state index is 0.0339. The number of anilines is 2. The third-order valence-electron chi connectivity index (χ3n) is 3.37. The third-order valence-corrected chi connectivity index (χ3v) is 5.19. The summed E-state index contributed by atoms with van der Waals surface area (Å²) < 4.78 is 0.795. The molecule has 0 radical (unpaired) electrons. The van der Waals surface area contributed by atoms with Gasteiger partial charge in [-0.2, -0.15) is 0 Å². The van der Waals surface area contributed by atoms with Gasteiger partial charge >= 0.3 is 0 Å². The van der Waals surface area contributed by atoms with Gasteiger partial charge < -0.3 is 10.2 Å². The summed E-state index contributed by atoms with van der Waals surface area (Å²) in [6, 6.07) is 9.39. The number of carbonyl (C=O) groups excluding carboxylic acids is 2. The second kappa shape index (κ2) is 6.45. The van der Waals surface area contributed by atoms with Crippen molar-refractivity contribution < 1.29 is 9.59 Å². The molecule has 1 aliphatic rings. The molecule has 1 N–H and O–H groups in total. The Labute approximate surface area is 135 Å². The fourth-order valence-electron chi connectivity index (χ4n) is 2.29. The third kappa shape index (κ3) is 3.12. The number of para-hydroxylation sites is 1. The summed E-state index contributed by atoms with van der Waals surface area (Å²) in [4.78, 5) is 26.0. The Hall–Kier alpha value is -1.93. The zero-order valence-corrected chi connectivity index (χ0v) is 13.5. The zero-order valence-electron chi connectivity index (χ0n) is 11.9. The van der Waals surface area contributed by atoms with E-state index in [1.807, 2.05) is 36.6 Å². The highest BCUT2D eigenvalue weighted by molar-refractivity contribution is 8.00. The maximum absolute atomic E-state index is 12.3. The topological polar surface area (TPSA) is 75.2 Å². The molecule has 2 amide bonds. The van der Waals surface area contributed by atoms with Crippen molar-refractivity contribution in [2.75, 3.05) is 23.0 Å². The predicted octanol–water partition coefficient (Wildman–Crippen LogP) is 2.25. The highest BCUT2D eigenvalue weighted by Gasteiger charge is 2.35. The first kappa shape index (κ1) is 15.0. The second-order valence-electron chi connectivity index (χ2n) is 4.81. The van der Waals surface area contributed by atoms with Crippen LogP contribution in [0.15, 0.2) is 34.7 Å². The summed E-state index contributed by atoms with van der Waals surface area (Å²) in [5.41, 5.74) is 0.823. The van der Waals surface area contributed by atoms with E-state index in [1.165, 1.54) is 23.1 Å². The maximum atomic E-state index is 12.3. The van der Waals surface area contributed by atoms with Crippen LogP contribution >= 0.6 is 23.1 Å². The van der Waals surface area contributed by atoms with Crippen LogP contribution in [0.3, 0.4) is 0 Å². The second-order valence-corrected chi connectivity index (χ2v) is 6.84. The summed E-state index contributed by atoms with van der Waals surface area (Å²) in [7, 11) is 0. The molecule has 1 aliphatic heterocycles. The van der Waals surface area contributed by atoms with Crippen LogP contribution in [-0.2, 0) is 9.59 Å². The number of aromatic nitrogens is 2. The Morgan fingerprint density at radius 1 is 1.36 bits per heavy atom. The standard InChI is InChI=1S/C14H14N4O2S2/c1-21-14-17-16-13(22-14)15-12(20)9-7-11(19)18(8-9)10-5-3-2-4-6-10/h2-6,9H,7-8H2,1H3,(H,15,16,20)/t9-/m1/s1. The van der Waals surface area contributed by atoms with Crippen LogP contribution in [0.5, 0.6) is 0 Å². The number of nitrogens with zero attached hydrogens (tertiary/aromatic N) is 3. The molecule has 22 heavy (non-hydrogen) atoms. The normalized spacial score (nSPS) is 17.8. The van der Waals surface area contributed by atoms with Crippen LogP contribution in [0.4, 0.5) is 10.8 Å². The Kier molecular flexibility index (Phi) is 4.39. The van der Waals surface area contributed by atoms with E-state index in [4.69, 9.17) is 0 Å². The Bertz CT molecular complexity index is 689. The molecule has 114 valence electrons. The van der Waals surface area contributed by atoms with E-state index in [0.717, 1.165) is 10.0 Å². The van der Waals surface area contributed by atoms with Crippen LogP contribution in [0.25, 0.3) is 0 Å². The number of hydrogen-bond acceptors (Lipinski definition) is 6. The monoisotopic (exact) mass is 334 g/mol. The van der Waals surface area contributed by atoms with Gasteiger partial charge in [-0.1, -0.05) is 41.3 Å². The summed E-state index contributed by atoms with van der Waals surface area (Å²) in [5, 5.41) is 11.1. The highest BCUT2D eigenvalue weighted by atomic mass is 32.2. The molecular formula is C14H14N4O2S2. The molecule has 1 atom stereocenters. The minimum Gasteiger partial charge on any atom is -0.312 e. The van der Waals surface area contributed by atoms with Gasteiger partial charge in [-0.25, -0.2) is 0 Å². The van der Waals surface area contributed by atoms with Crippen molar-refractivity contribution >= 4 is 45.7 Å². The van der Waals surface area contributed by atoms with Crippen molar-refractivity contribution in [1.29, 1.82) is 0 Å². The van der Waals surface area contributed by atoms with Crippen molar-refractivity contribution in [2.24, 2.45) is 5.92 Å². The van der Waals surface area contributed by atoms with E-state index >= 15 is 0 Å². The number of hydrogen-bond donors (Lipinski definition) is 1. The summed E-state index contributed by atoms with van der Waals surface area (Å²) in [5.74, 6) is -0.585. The molecule has 2 heterocycles. The average molecular weight is 334 g/mol. The fourth-order valence-corrected chi connectivity index (χ4v) is 3.46. The van der Waals surface area contributed by atoms with Gasteiger partial charge in [0.15, 0.2) is 4.34 Å². The SMILES string of the molecule is CSc1nnc(NC(=O)[C@@H]2CC(=O)N(c3ccccc3)C2)s1. The number of thioether (sulfide) groups is 1. The fraction of sp³-hybridized carbons (Fsp3) is 0.286. The lowest BCUT2D eigenvalue weighted by atomic mass is 10.1. The number of amides is 2. The molecule has 1 aromatic heterocycles. The maximum Gasteiger partial charge on any atom is 0.231 e. The lowest BCUT2D eigenvalue weighted by Gasteiger charge is -2.16. The van der Waals surface area contributed by atoms with Crippen LogP contribution in [0, 0.1) is 5.92 Å². The number of benzene rings is 1. The Morgan fingerprint density at radius 3 is 2.82 bits per heavy atom. The molecule has 1 fully saturated rings. The van der Waals surface area contributed by atoms with E-state index in [-0.39, 0.29) is 24.2 Å². The molecule has 0 saturated carbocycles. The Balaban J connectivity index is 1.66. The number of rotatable bonds is 4. The van der Waals surface area contributed by atoms with Gasteiger partial charge in [0.1, 0.15) is 0 Å². The van der Waals surface area contributed by atoms with Crippen molar-refractivity contribution in [2.45, 2.75) is 10.8 Å². The first-order chi connectivity index (χ1) is 10.7. The average Bonchev–Trinajstić information content (AvgIpc) is 3.14. The molecule has 8 heteroatoms. The molecule has 0 spiro atoms. The molecule has 0 unspecified atom stereocenters. The van der Waals surface area contributed by atoms with Gasteiger partial charge in [-0.3, -0.25) is 9.59 Å². The molecule has 6 nitrogen and oxygen atoms in total. The van der Waals surface area contributed by atoms with Crippen molar-refractivity contribution in [1.82, 2.24) is 10.2 Å². The van der Waals surface area contributed by atoms with E-state index in [0.29, 0.717) is 11.7 Å². The van der Waals surface area contributed by atoms with E-state index in [2.05, 4.69) is 15.5 Å². The van der Waals surface area contributed by atoms with E-state index < -0.39 is 0 Å². The molecule has 0 bridgehead atoms. The van der Waals surface area contributed by atoms with Gasteiger partial charge in [0, 0.05) is 18.7 Å². The zero-order chi connectivity index (χ0) is 15.5. The number of carbonyl (C=O) groups is 2. The highest BCUT2D eigenvalue weighted by Crippen LogP contribution is 2.27. The number of nitrogens with one attached hydrogen (secondary N) is 1. The quantitative estimate of drug-likeness (QED) is 0.685. The molecule has 1 saturated heterocycles. The van der Waals surface area contributed by atoms with Crippen LogP contribution < -0.4 is 10.2 Å². The molecule has 2 aromatic rings. The van der Waals surface area contributed by atoms with Gasteiger partial charge in [0.05, 0.1) is 5.92 Å². The van der Waals surface area contributed by atoms with Crippen LogP contribution in [-0.4, -0.2) is 34.8 Å². The molecule has 3 rings (SSSR count). The van der Waals surface area contributed by atoms with Gasteiger partial charge in [0.25, 0.3) is 0 Å². The minimum atomic E-state index is -0.366. The summed E-state index contributed by atoms with van der Waals surface area (Å²) >= 11 is 2.81. The molecule has 1 aromatic carbocycles. The summed E-state index contributed by atoms with van der Waals surface area (Å²) in [6.07, 6.45) is 2.12. The first-order valence-corrected chi connectivity index (χ1v) is 8.75. The first-order valence-electron chi connectivity index (χ1n) is 6.71. The predicted molar refractivity (Wildman–Crippen MR) is 87.2 cm³/mol. The van der Waals surface area contributed by atoms with E-state index in [9.17, 15) is 9.59 Å². The molecular weight excluding hydrogens is 320 g/mol. The van der Waals surface area contributed by atoms with Crippen molar-refractivity contribution in [3.05, 3.63) is 30.3 Å². The lowest BCUT2D eigenvalue weighted by molar-refractivity contribution is -0.122. The smallest absolute Gasteiger partial charge is 0.231 e. The van der Waals surface area contributed by atoms with Crippen LogP contribution in [0.1, 0.15) is 6.42 Å². The van der Waals surface area contributed by atoms with Gasteiger partial charge in [0.2, 0.25) is 16.9 Å². The van der Waals surface area contributed by atoms with Gasteiger partial charge in [-0.05, 0) is 18.4 Å². The van der Waals surface area contributed by atoms with Crippen molar-refractivity contribution in [3.8, 4) is 0 Å². The molecule has 0 aliphatic carbocycles. The van der Waals surface area contributed by atoms with E-state index in [1.54, 1.807) is 4.90 Å². The lowest BCUT2D eigenvalue weighted by Crippen LogP contribution is -2.28.